The number of fused-ring (bicyclic) bond motifs is 1. The normalized spacial score (nSPS) is 34.9. The molecule has 1 aromatic rings. The molecule has 2 fully saturated rings. The van der Waals surface area contributed by atoms with Crippen LogP contribution >= 0.6 is 22.6 Å². The molecule has 0 amide bonds. The summed E-state index contributed by atoms with van der Waals surface area (Å²) in [6.07, 6.45) is 0.758. The highest BCUT2D eigenvalue weighted by Crippen LogP contribution is 2.39. The zero-order chi connectivity index (χ0) is 14.3. The molecule has 4 unspecified atom stereocenters. The SMILES string of the molecule is [B]C1CNC2C(C1)C(I)CN2S(=O)(=O)c1ccccc1. The van der Waals surface area contributed by atoms with Crippen molar-refractivity contribution >= 4 is 40.5 Å². The van der Waals surface area contributed by atoms with Gasteiger partial charge in [-0.25, -0.2) is 8.42 Å². The quantitative estimate of drug-likeness (QED) is 0.462. The van der Waals surface area contributed by atoms with E-state index in [0.29, 0.717) is 21.9 Å². The van der Waals surface area contributed by atoms with Crippen molar-refractivity contribution in [3.63, 3.8) is 0 Å². The van der Waals surface area contributed by atoms with Crippen molar-refractivity contribution in [3.05, 3.63) is 30.3 Å². The highest BCUT2D eigenvalue weighted by atomic mass is 127. The first-order valence-corrected chi connectivity index (χ1v) is 9.38. The molecule has 106 valence electrons. The maximum absolute atomic E-state index is 12.8. The summed E-state index contributed by atoms with van der Waals surface area (Å²) < 4.78 is 27.4. The number of alkyl halides is 1. The zero-order valence-corrected chi connectivity index (χ0v) is 13.9. The van der Waals surface area contributed by atoms with E-state index in [-0.39, 0.29) is 17.9 Å². The number of nitrogens with zero attached hydrogens (tertiary/aromatic N) is 1. The smallest absolute Gasteiger partial charge is 0.244 e. The molecule has 0 aromatic heterocycles. The third-order valence-electron chi connectivity index (χ3n) is 4.05. The summed E-state index contributed by atoms with van der Waals surface area (Å²) in [7, 11) is 2.55. The Hall–Kier alpha value is -0.115. The molecule has 1 N–H and O–H groups in total. The molecule has 0 saturated carbocycles. The van der Waals surface area contributed by atoms with Gasteiger partial charge in [-0.1, -0.05) is 53.0 Å². The summed E-state index contributed by atoms with van der Waals surface area (Å²) >= 11 is 2.35. The lowest BCUT2D eigenvalue weighted by atomic mass is 9.76. The van der Waals surface area contributed by atoms with Gasteiger partial charge in [0.1, 0.15) is 0 Å². The van der Waals surface area contributed by atoms with Gasteiger partial charge in [-0.05, 0) is 18.7 Å². The van der Waals surface area contributed by atoms with Crippen molar-refractivity contribution in [2.75, 3.05) is 13.1 Å². The van der Waals surface area contributed by atoms with Crippen molar-refractivity contribution in [2.45, 2.75) is 27.2 Å². The summed E-state index contributed by atoms with van der Waals surface area (Å²) in [5.74, 6) is 0.408. The number of hydrogen-bond donors (Lipinski definition) is 1. The summed E-state index contributed by atoms with van der Waals surface area (Å²) in [5.41, 5.74) is 0. The van der Waals surface area contributed by atoms with E-state index < -0.39 is 10.0 Å². The van der Waals surface area contributed by atoms with E-state index in [1.54, 1.807) is 28.6 Å². The molecular formula is C13H16BIN2O2S. The molecule has 1 aromatic carbocycles. The molecule has 0 spiro atoms. The third-order valence-corrected chi connectivity index (χ3v) is 7.23. The van der Waals surface area contributed by atoms with Crippen LogP contribution < -0.4 is 5.32 Å². The Labute approximate surface area is 134 Å². The lowest BCUT2D eigenvalue weighted by molar-refractivity contribution is 0.237. The Morgan fingerprint density at radius 2 is 2.00 bits per heavy atom. The van der Waals surface area contributed by atoms with E-state index in [0.717, 1.165) is 6.42 Å². The van der Waals surface area contributed by atoms with Gasteiger partial charge in [-0.2, -0.15) is 4.31 Å². The van der Waals surface area contributed by atoms with Gasteiger partial charge in [0.25, 0.3) is 0 Å². The third kappa shape index (κ3) is 2.53. The van der Waals surface area contributed by atoms with E-state index >= 15 is 0 Å². The molecule has 2 radical (unpaired) electrons. The zero-order valence-electron chi connectivity index (χ0n) is 10.9. The van der Waals surface area contributed by atoms with Crippen LogP contribution in [0, 0.1) is 5.92 Å². The predicted molar refractivity (Wildman–Crippen MR) is 87.5 cm³/mol. The van der Waals surface area contributed by atoms with Crippen LogP contribution in [0.4, 0.5) is 0 Å². The lowest BCUT2D eigenvalue weighted by Gasteiger charge is -2.35. The number of piperidine rings is 1. The molecule has 2 aliphatic heterocycles. The van der Waals surface area contributed by atoms with Crippen LogP contribution in [-0.2, 0) is 10.0 Å². The summed E-state index contributed by atoms with van der Waals surface area (Å²) in [5, 5.41) is 3.30. The van der Waals surface area contributed by atoms with Gasteiger partial charge in [-0.15, -0.1) is 0 Å². The van der Waals surface area contributed by atoms with Gasteiger partial charge in [0.2, 0.25) is 10.0 Å². The number of rotatable bonds is 2. The molecular weight excluding hydrogens is 386 g/mol. The Kier molecular flexibility index (Phi) is 4.14. The highest BCUT2D eigenvalue weighted by Gasteiger charge is 2.48. The molecule has 0 bridgehead atoms. The van der Waals surface area contributed by atoms with Crippen LogP contribution in [-0.4, -0.2) is 43.7 Å². The first-order valence-electron chi connectivity index (χ1n) is 6.70. The van der Waals surface area contributed by atoms with E-state index in [9.17, 15) is 8.42 Å². The number of benzene rings is 1. The second-order valence-electron chi connectivity index (χ2n) is 5.42. The monoisotopic (exact) mass is 402 g/mol. The molecule has 4 nitrogen and oxygen atoms in total. The number of hydrogen-bond acceptors (Lipinski definition) is 3. The molecule has 2 saturated heterocycles. The summed E-state index contributed by atoms with van der Waals surface area (Å²) in [6, 6.07) is 8.64. The standard InChI is InChI=1S/C13H16BIN2O2S/c14-9-6-11-12(15)8-17(13(11)16-7-9)20(18,19)10-4-2-1-3-5-10/h1-5,9,11-13,16H,6-8H2. The minimum absolute atomic E-state index is 0.118. The van der Waals surface area contributed by atoms with Crippen LogP contribution in [0.15, 0.2) is 35.2 Å². The topological polar surface area (TPSA) is 49.4 Å². The van der Waals surface area contributed by atoms with Crippen LogP contribution in [0.25, 0.3) is 0 Å². The number of sulfonamides is 1. The van der Waals surface area contributed by atoms with Crippen molar-refractivity contribution in [1.29, 1.82) is 0 Å². The fraction of sp³-hybridized carbons (Fsp3) is 0.538. The van der Waals surface area contributed by atoms with Crippen LogP contribution in [0.3, 0.4) is 0 Å². The predicted octanol–water partition coefficient (Wildman–Crippen LogP) is 1.39. The number of nitrogens with one attached hydrogen (secondary N) is 1. The lowest BCUT2D eigenvalue weighted by Crippen LogP contribution is -2.51. The fourth-order valence-corrected chi connectivity index (χ4v) is 6.08. The molecule has 7 heteroatoms. The molecule has 2 heterocycles. The highest BCUT2D eigenvalue weighted by molar-refractivity contribution is 14.1. The van der Waals surface area contributed by atoms with Crippen LogP contribution in [0.2, 0.25) is 5.82 Å². The largest absolute Gasteiger partial charge is 0.301 e. The molecule has 0 aliphatic carbocycles. The maximum Gasteiger partial charge on any atom is 0.244 e. The summed E-state index contributed by atoms with van der Waals surface area (Å²) in [4.78, 5) is 0.362. The van der Waals surface area contributed by atoms with E-state index in [1.165, 1.54) is 0 Å². The van der Waals surface area contributed by atoms with Crippen molar-refractivity contribution in [1.82, 2.24) is 9.62 Å². The van der Waals surface area contributed by atoms with Gasteiger partial charge in [0.05, 0.1) is 18.9 Å². The second kappa shape index (κ2) is 5.59. The Balaban J connectivity index is 1.91. The fourth-order valence-electron chi connectivity index (χ4n) is 3.04. The van der Waals surface area contributed by atoms with Crippen molar-refractivity contribution < 1.29 is 8.42 Å². The first-order chi connectivity index (χ1) is 9.50. The minimum Gasteiger partial charge on any atom is -0.301 e. The Morgan fingerprint density at radius 3 is 2.70 bits per heavy atom. The van der Waals surface area contributed by atoms with Gasteiger partial charge < -0.3 is 5.32 Å². The van der Waals surface area contributed by atoms with Gasteiger partial charge in [0.15, 0.2) is 0 Å². The van der Waals surface area contributed by atoms with Crippen molar-refractivity contribution in [2.24, 2.45) is 5.92 Å². The molecule has 3 rings (SSSR count). The molecule has 2 aliphatic rings. The van der Waals surface area contributed by atoms with Gasteiger partial charge in [0, 0.05) is 16.4 Å². The molecule has 4 atom stereocenters. The molecule has 20 heavy (non-hydrogen) atoms. The van der Waals surface area contributed by atoms with Crippen LogP contribution in [0.1, 0.15) is 6.42 Å². The minimum atomic E-state index is -3.43. The first kappa shape index (κ1) is 14.8. The Bertz CT molecular complexity index is 583. The summed E-state index contributed by atoms with van der Waals surface area (Å²) in [6.45, 7) is 1.22. The average Bonchev–Trinajstić information content (AvgIpc) is 2.77. The average molecular weight is 402 g/mol. The maximum atomic E-state index is 12.8. The van der Waals surface area contributed by atoms with Crippen molar-refractivity contribution in [3.8, 4) is 0 Å². The number of halogens is 1. The van der Waals surface area contributed by atoms with Crippen LogP contribution in [0.5, 0.6) is 0 Å². The van der Waals surface area contributed by atoms with Gasteiger partial charge >= 0.3 is 0 Å². The Morgan fingerprint density at radius 1 is 1.30 bits per heavy atom. The second-order valence-corrected chi connectivity index (χ2v) is 8.91. The van der Waals surface area contributed by atoms with E-state index in [1.807, 2.05) is 6.07 Å². The van der Waals surface area contributed by atoms with E-state index in [4.69, 9.17) is 7.85 Å². The van der Waals surface area contributed by atoms with E-state index in [2.05, 4.69) is 27.9 Å². The van der Waals surface area contributed by atoms with Gasteiger partial charge in [-0.3, -0.25) is 0 Å².